The van der Waals surface area contributed by atoms with E-state index < -0.39 is 0 Å². The topological polar surface area (TPSA) is 41.6 Å². The fraction of sp³-hybridized carbons (Fsp3) is 0.381. The van der Waals surface area contributed by atoms with Crippen LogP contribution in [-0.2, 0) is 11.3 Å². The van der Waals surface area contributed by atoms with Gasteiger partial charge in [0.05, 0.1) is 18.3 Å². The molecule has 0 saturated carbocycles. The molecule has 3 rings (SSSR count). The SMILES string of the molecule is CC(C)Oc1ccc(CNC(=O)CN2C[C@@H](C)Sc3ccccc32)cc1. The van der Waals surface area contributed by atoms with E-state index in [0.29, 0.717) is 18.3 Å². The van der Waals surface area contributed by atoms with Crippen LogP contribution in [0.2, 0.25) is 0 Å². The van der Waals surface area contributed by atoms with Crippen molar-refractivity contribution in [2.24, 2.45) is 0 Å². The highest BCUT2D eigenvalue weighted by Crippen LogP contribution is 2.37. The fourth-order valence-electron chi connectivity index (χ4n) is 3.02. The second-order valence-corrected chi connectivity index (χ2v) is 8.34. The molecule has 1 aliphatic heterocycles. The van der Waals surface area contributed by atoms with Crippen molar-refractivity contribution < 1.29 is 9.53 Å². The van der Waals surface area contributed by atoms with Crippen molar-refractivity contribution >= 4 is 23.4 Å². The highest BCUT2D eigenvalue weighted by atomic mass is 32.2. The third-order valence-corrected chi connectivity index (χ3v) is 5.28. The van der Waals surface area contributed by atoms with Gasteiger partial charge in [-0.25, -0.2) is 0 Å². The first-order valence-corrected chi connectivity index (χ1v) is 9.92. The van der Waals surface area contributed by atoms with Gasteiger partial charge in [0.15, 0.2) is 0 Å². The predicted octanol–water partition coefficient (Wildman–Crippen LogP) is 4.09. The van der Waals surface area contributed by atoms with Crippen molar-refractivity contribution in [3.8, 4) is 5.75 Å². The van der Waals surface area contributed by atoms with Crippen molar-refractivity contribution in [1.82, 2.24) is 5.32 Å². The number of ether oxygens (including phenoxy) is 1. The number of nitrogens with zero attached hydrogens (tertiary/aromatic N) is 1. The molecule has 5 heteroatoms. The molecule has 1 heterocycles. The zero-order valence-electron chi connectivity index (χ0n) is 15.6. The summed E-state index contributed by atoms with van der Waals surface area (Å²) in [6.45, 7) is 8.01. The summed E-state index contributed by atoms with van der Waals surface area (Å²) in [6, 6.07) is 16.2. The molecule has 0 fully saturated rings. The van der Waals surface area contributed by atoms with E-state index in [4.69, 9.17) is 4.74 Å². The average Bonchev–Trinajstić information content (AvgIpc) is 2.60. The van der Waals surface area contributed by atoms with Crippen LogP contribution in [0.5, 0.6) is 5.75 Å². The lowest BCUT2D eigenvalue weighted by Crippen LogP contribution is -2.41. The Hall–Kier alpha value is -2.14. The number of hydrogen-bond acceptors (Lipinski definition) is 4. The number of rotatable bonds is 6. The Labute approximate surface area is 159 Å². The normalized spacial score (nSPS) is 16.3. The lowest BCUT2D eigenvalue weighted by atomic mass is 10.2. The van der Waals surface area contributed by atoms with Crippen LogP contribution in [0.3, 0.4) is 0 Å². The molecule has 0 radical (unpaired) electrons. The molecule has 0 saturated heterocycles. The number of carbonyl (C=O) groups is 1. The van der Waals surface area contributed by atoms with E-state index in [1.807, 2.05) is 55.9 Å². The van der Waals surface area contributed by atoms with E-state index in [1.165, 1.54) is 4.90 Å². The van der Waals surface area contributed by atoms with Crippen molar-refractivity contribution in [2.75, 3.05) is 18.0 Å². The molecular formula is C21H26N2O2S. The maximum atomic E-state index is 12.4. The van der Waals surface area contributed by atoms with Gasteiger partial charge in [-0.2, -0.15) is 0 Å². The quantitative estimate of drug-likeness (QED) is 0.832. The van der Waals surface area contributed by atoms with E-state index in [1.54, 1.807) is 0 Å². The van der Waals surface area contributed by atoms with Gasteiger partial charge in [0, 0.05) is 23.2 Å². The van der Waals surface area contributed by atoms with E-state index >= 15 is 0 Å². The summed E-state index contributed by atoms with van der Waals surface area (Å²) in [7, 11) is 0. The van der Waals surface area contributed by atoms with Gasteiger partial charge < -0.3 is 15.0 Å². The summed E-state index contributed by atoms with van der Waals surface area (Å²) in [6.07, 6.45) is 0.161. The predicted molar refractivity (Wildman–Crippen MR) is 108 cm³/mol. The standard InChI is InChI=1S/C21H26N2O2S/c1-15(2)25-18-10-8-17(9-11-18)12-22-21(24)14-23-13-16(3)26-20-7-5-4-6-19(20)23/h4-11,15-16H,12-14H2,1-3H3,(H,22,24)/t16-/m1/s1. The Kier molecular flexibility index (Phi) is 6.09. The minimum absolute atomic E-state index is 0.0430. The fourth-order valence-corrected chi connectivity index (χ4v) is 4.18. The molecule has 1 amide bonds. The van der Waals surface area contributed by atoms with Gasteiger partial charge >= 0.3 is 0 Å². The summed E-state index contributed by atoms with van der Waals surface area (Å²) >= 11 is 1.87. The van der Waals surface area contributed by atoms with Crippen LogP contribution in [0.15, 0.2) is 53.4 Å². The van der Waals surface area contributed by atoms with E-state index in [0.717, 1.165) is 23.5 Å². The first-order chi connectivity index (χ1) is 12.5. The number of amides is 1. The number of anilines is 1. The molecule has 2 aromatic rings. The summed E-state index contributed by atoms with van der Waals surface area (Å²) in [5.74, 6) is 0.896. The van der Waals surface area contributed by atoms with Crippen LogP contribution in [0.25, 0.3) is 0 Å². The third-order valence-electron chi connectivity index (χ3n) is 4.13. The van der Waals surface area contributed by atoms with E-state index in [2.05, 4.69) is 35.3 Å². The Balaban J connectivity index is 1.55. The molecule has 4 nitrogen and oxygen atoms in total. The van der Waals surface area contributed by atoms with Crippen molar-refractivity contribution in [2.45, 2.75) is 43.6 Å². The van der Waals surface area contributed by atoms with Gasteiger partial charge in [-0.05, 0) is 43.7 Å². The highest BCUT2D eigenvalue weighted by molar-refractivity contribution is 8.00. The molecule has 0 aliphatic carbocycles. The van der Waals surface area contributed by atoms with Crippen molar-refractivity contribution in [3.63, 3.8) is 0 Å². The molecule has 0 bridgehead atoms. The van der Waals surface area contributed by atoms with Gasteiger partial charge in [0.25, 0.3) is 0 Å². The maximum Gasteiger partial charge on any atom is 0.239 e. The molecule has 0 aromatic heterocycles. The van der Waals surface area contributed by atoms with Gasteiger partial charge in [-0.15, -0.1) is 11.8 Å². The second-order valence-electron chi connectivity index (χ2n) is 6.86. The largest absolute Gasteiger partial charge is 0.491 e. The summed E-state index contributed by atoms with van der Waals surface area (Å²) in [5, 5.41) is 3.50. The molecular weight excluding hydrogens is 344 g/mol. The number of thioether (sulfide) groups is 1. The van der Waals surface area contributed by atoms with E-state index in [9.17, 15) is 4.79 Å². The lowest BCUT2D eigenvalue weighted by molar-refractivity contribution is -0.119. The molecule has 1 aliphatic rings. The Morgan fingerprint density at radius 2 is 1.96 bits per heavy atom. The monoisotopic (exact) mass is 370 g/mol. The smallest absolute Gasteiger partial charge is 0.239 e. The van der Waals surface area contributed by atoms with E-state index in [-0.39, 0.29) is 12.0 Å². The van der Waals surface area contributed by atoms with Gasteiger partial charge in [0.2, 0.25) is 5.91 Å². The number of carbonyl (C=O) groups excluding carboxylic acids is 1. The molecule has 138 valence electrons. The Morgan fingerprint density at radius 3 is 2.69 bits per heavy atom. The summed E-state index contributed by atoms with van der Waals surface area (Å²) in [4.78, 5) is 15.9. The minimum Gasteiger partial charge on any atom is -0.491 e. The van der Waals surface area contributed by atoms with Crippen molar-refractivity contribution in [1.29, 1.82) is 0 Å². The third kappa shape index (κ3) is 4.94. The van der Waals surface area contributed by atoms with Crippen LogP contribution in [-0.4, -0.2) is 30.4 Å². The number of para-hydroxylation sites is 1. The Bertz CT molecular complexity index is 746. The summed E-state index contributed by atoms with van der Waals surface area (Å²) in [5.41, 5.74) is 2.22. The Morgan fingerprint density at radius 1 is 1.23 bits per heavy atom. The molecule has 0 spiro atoms. The first-order valence-electron chi connectivity index (χ1n) is 9.04. The molecule has 0 unspecified atom stereocenters. The molecule has 1 N–H and O–H groups in total. The molecule has 1 atom stereocenters. The molecule has 2 aromatic carbocycles. The van der Waals surface area contributed by atoms with Crippen LogP contribution in [0.4, 0.5) is 5.69 Å². The van der Waals surface area contributed by atoms with Crippen molar-refractivity contribution in [3.05, 3.63) is 54.1 Å². The lowest BCUT2D eigenvalue weighted by Gasteiger charge is -2.33. The zero-order valence-corrected chi connectivity index (χ0v) is 16.4. The van der Waals surface area contributed by atoms with Crippen LogP contribution in [0, 0.1) is 0 Å². The number of fused-ring (bicyclic) bond motifs is 1. The van der Waals surface area contributed by atoms with Crippen LogP contribution < -0.4 is 15.0 Å². The van der Waals surface area contributed by atoms with Gasteiger partial charge in [-0.1, -0.05) is 31.2 Å². The number of hydrogen-bond donors (Lipinski definition) is 1. The second kappa shape index (κ2) is 8.49. The van der Waals surface area contributed by atoms with Gasteiger partial charge in [0.1, 0.15) is 5.75 Å². The maximum absolute atomic E-state index is 12.4. The van der Waals surface area contributed by atoms with Crippen LogP contribution >= 0.6 is 11.8 Å². The minimum atomic E-state index is 0.0430. The van der Waals surface area contributed by atoms with Crippen LogP contribution in [0.1, 0.15) is 26.3 Å². The highest BCUT2D eigenvalue weighted by Gasteiger charge is 2.23. The van der Waals surface area contributed by atoms with Gasteiger partial charge in [-0.3, -0.25) is 4.79 Å². The number of benzene rings is 2. The molecule has 26 heavy (non-hydrogen) atoms. The average molecular weight is 371 g/mol. The first kappa shape index (κ1) is 18.6. The number of nitrogens with one attached hydrogen (secondary N) is 1. The summed E-state index contributed by atoms with van der Waals surface area (Å²) < 4.78 is 5.64. The zero-order chi connectivity index (χ0) is 18.5.